The van der Waals surface area contributed by atoms with Gasteiger partial charge in [0.05, 0.1) is 17.6 Å². The van der Waals surface area contributed by atoms with Crippen molar-refractivity contribution in [3.05, 3.63) is 76.0 Å². The van der Waals surface area contributed by atoms with Crippen LogP contribution in [0.1, 0.15) is 29.1 Å². The number of para-hydroxylation sites is 1. The van der Waals surface area contributed by atoms with Crippen molar-refractivity contribution in [1.82, 2.24) is 9.88 Å². The highest BCUT2D eigenvalue weighted by Crippen LogP contribution is 2.28. The number of fused-ring (bicyclic) bond motifs is 1. The normalized spacial score (nSPS) is 20.0. The molecule has 0 aliphatic carbocycles. The molecule has 0 spiro atoms. The monoisotopic (exact) mass is 365 g/mol. The Morgan fingerprint density at radius 2 is 1.96 bits per heavy atom. The van der Waals surface area contributed by atoms with E-state index < -0.39 is 4.92 Å². The van der Waals surface area contributed by atoms with E-state index in [4.69, 9.17) is 4.74 Å². The summed E-state index contributed by atoms with van der Waals surface area (Å²) in [6.45, 7) is 2.84. The molecular formula is C20H19N3O4. The van der Waals surface area contributed by atoms with Gasteiger partial charge in [-0.1, -0.05) is 42.5 Å². The molecule has 7 nitrogen and oxygen atoms in total. The lowest BCUT2D eigenvalue weighted by Crippen LogP contribution is -2.46. The number of H-pyrrole nitrogens is 1. The van der Waals surface area contributed by atoms with Gasteiger partial charge < -0.3 is 14.6 Å². The van der Waals surface area contributed by atoms with Gasteiger partial charge in [-0.05, 0) is 18.6 Å². The van der Waals surface area contributed by atoms with Crippen molar-refractivity contribution < 1.29 is 14.5 Å². The minimum absolute atomic E-state index is 0.0379. The quantitative estimate of drug-likeness (QED) is 0.566. The Hall–Kier alpha value is -3.19. The number of aromatic nitrogens is 1. The van der Waals surface area contributed by atoms with Crippen LogP contribution in [0.15, 0.2) is 54.6 Å². The lowest BCUT2D eigenvalue weighted by atomic mass is 10.1. The lowest BCUT2D eigenvalue weighted by Gasteiger charge is -2.36. The number of ether oxygens (including phenoxy) is 1. The van der Waals surface area contributed by atoms with Crippen molar-refractivity contribution in [2.24, 2.45) is 0 Å². The lowest BCUT2D eigenvalue weighted by molar-refractivity contribution is -0.383. The zero-order valence-electron chi connectivity index (χ0n) is 14.8. The van der Waals surface area contributed by atoms with Gasteiger partial charge in [0.25, 0.3) is 11.6 Å². The van der Waals surface area contributed by atoms with Crippen molar-refractivity contribution in [3.8, 4) is 0 Å². The van der Waals surface area contributed by atoms with Gasteiger partial charge in [-0.3, -0.25) is 14.9 Å². The maximum Gasteiger partial charge on any atom is 0.293 e. The van der Waals surface area contributed by atoms with E-state index in [1.807, 2.05) is 37.3 Å². The second-order valence-electron chi connectivity index (χ2n) is 6.74. The fourth-order valence-corrected chi connectivity index (χ4v) is 3.55. The molecule has 2 aromatic carbocycles. The van der Waals surface area contributed by atoms with E-state index in [-0.39, 0.29) is 23.8 Å². The van der Waals surface area contributed by atoms with Gasteiger partial charge in [0.15, 0.2) is 0 Å². The number of carbonyl (C=O) groups is 1. The summed E-state index contributed by atoms with van der Waals surface area (Å²) < 4.78 is 6.00. The molecule has 2 atom stereocenters. The average molecular weight is 365 g/mol. The van der Waals surface area contributed by atoms with Crippen LogP contribution < -0.4 is 0 Å². The second-order valence-corrected chi connectivity index (χ2v) is 6.74. The standard InChI is InChI=1S/C20H19N3O4/c1-13-11-22(12-18(27-13)14-6-3-2-4-7-14)20(24)16-10-15-8-5-9-17(23(25)26)19(15)21-16/h2-10,13,18,21H,11-12H2,1H3/t13-,18-/m0/s1. The molecule has 1 aliphatic heterocycles. The topological polar surface area (TPSA) is 88.5 Å². The number of aromatic amines is 1. The number of nitrogens with zero attached hydrogens (tertiary/aromatic N) is 2. The fraction of sp³-hybridized carbons (Fsp3) is 0.250. The number of hydrogen-bond donors (Lipinski definition) is 1. The summed E-state index contributed by atoms with van der Waals surface area (Å²) in [4.78, 5) is 28.5. The predicted octanol–water partition coefficient (Wildman–Crippen LogP) is 3.68. The Morgan fingerprint density at radius 3 is 2.70 bits per heavy atom. The van der Waals surface area contributed by atoms with Crippen molar-refractivity contribution in [2.45, 2.75) is 19.1 Å². The smallest absolute Gasteiger partial charge is 0.293 e. The van der Waals surface area contributed by atoms with Crippen molar-refractivity contribution in [2.75, 3.05) is 13.1 Å². The molecule has 1 aromatic heterocycles. The minimum atomic E-state index is -0.449. The number of hydrogen-bond acceptors (Lipinski definition) is 4. The molecule has 27 heavy (non-hydrogen) atoms. The van der Waals surface area contributed by atoms with Crippen LogP contribution in [0.2, 0.25) is 0 Å². The number of morpholine rings is 1. The fourth-order valence-electron chi connectivity index (χ4n) is 3.55. The van der Waals surface area contributed by atoms with Gasteiger partial charge in [0, 0.05) is 18.0 Å². The van der Waals surface area contributed by atoms with Gasteiger partial charge >= 0.3 is 0 Å². The molecule has 138 valence electrons. The molecular weight excluding hydrogens is 346 g/mol. The van der Waals surface area contributed by atoms with Crippen molar-refractivity contribution >= 4 is 22.5 Å². The van der Waals surface area contributed by atoms with Crippen LogP contribution in [0, 0.1) is 10.1 Å². The van der Waals surface area contributed by atoms with Crippen LogP contribution in [0.5, 0.6) is 0 Å². The third-order valence-corrected chi connectivity index (χ3v) is 4.78. The zero-order chi connectivity index (χ0) is 19.0. The van der Waals surface area contributed by atoms with Gasteiger partial charge in [-0.2, -0.15) is 0 Å². The molecule has 1 saturated heterocycles. The molecule has 2 heterocycles. The summed E-state index contributed by atoms with van der Waals surface area (Å²) in [5.41, 5.74) is 1.70. The number of benzene rings is 2. The maximum absolute atomic E-state index is 13.0. The van der Waals surface area contributed by atoms with E-state index in [0.717, 1.165) is 5.56 Å². The van der Waals surface area contributed by atoms with Gasteiger partial charge in [0.2, 0.25) is 0 Å². The Bertz CT molecular complexity index is 999. The second kappa shape index (κ2) is 6.85. The van der Waals surface area contributed by atoms with E-state index in [0.29, 0.717) is 29.7 Å². The summed E-state index contributed by atoms with van der Waals surface area (Å²) in [6, 6.07) is 16.3. The zero-order valence-corrected chi connectivity index (χ0v) is 14.8. The summed E-state index contributed by atoms with van der Waals surface area (Å²) in [7, 11) is 0. The molecule has 3 aromatic rings. The van der Waals surface area contributed by atoms with E-state index >= 15 is 0 Å². The molecule has 7 heteroatoms. The van der Waals surface area contributed by atoms with Gasteiger partial charge in [-0.15, -0.1) is 0 Å². The van der Waals surface area contributed by atoms with Crippen LogP contribution in [0.25, 0.3) is 10.9 Å². The minimum Gasteiger partial charge on any atom is -0.367 e. The summed E-state index contributed by atoms with van der Waals surface area (Å²) in [5.74, 6) is -0.184. The molecule has 0 bridgehead atoms. The van der Waals surface area contributed by atoms with Crippen molar-refractivity contribution in [1.29, 1.82) is 0 Å². The van der Waals surface area contributed by atoms with Crippen molar-refractivity contribution in [3.63, 3.8) is 0 Å². The SMILES string of the molecule is C[C@H]1CN(C(=O)c2cc3cccc([N+](=O)[O-])c3[nH]2)C[C@@H](c2ccccc2)O1. The highest BCUT2D eigenvalue weighted by atomic mass is 16.6. The van der Waals surface area contributed by atoms with Crippen LogP contribution in [-0.4, -0.2) is 39.9 Å². The molecule has 1 amide bonds. The highest BCUT2D eigenvalue weighted by Gasteiger charge is 2.31. The number of nitro benzene ring substituents is 1. The number of carbonyl (C=O) groups excluding carboxylic acids is 1. The first-order valence-corrected chi connectivity index (χ1v) is 8.78. The predicted molar refractivity (Wildman–Crippen MR) is 101 cm³/mol. The molecule has 1 N–H and O–H groups in total. The first kappa shape index (κ1) is 17.2. The van der Waals surface area contributed by atoms with E-state index in [1.54, 1.807) is 23.1 Å². The molecule has 0 saturated carbocycles. The summed E-state index contributed by atoms with van der Waals surface area (Å²) in [6.07, 6.45) is -0.302. The van der Waals surface area contributed by atoms with Crippen LogP contribution in [0.3, 0.4) is 0 Å². The summed E-state index contributed by atoms with van der Waals surface area (Å²) >= 11 is 0. The maximum atomic E-state index is 13.0. The van der Waals surface area contributed by atoms with E-state index in [9.17, 15) is 14.9 Å². The third kappa shape index (κ3) is 3.29. The number of non-ortho nitro benzene ring substituents is 1. The van der Waals surface area contributed by atoms with Crippen LogP contribution in [-0.2, 0) is 4.74 Å². The molecule has 0 radical (unpaired) electrons. The summed E-state index contributed by atoms with van der Waals surface area (Å²) in [5, 5.41) is 11.9. The average Bonchev–Trinajstić information content (AvgIpc) is 3.11. The Balaban J connectivity index is 1.63. The highest BCUT2D eigenvalue weighted by molar-refractivity contribution is 6.00. The van der Waals surface area contributed by atoms with Crippen LogP contribution in [0.4, 0.5) is 5.69 Å². The number of nitrogens with one attached hydrogen (secondary N) is 1. The molecule has 0 unspecified atom stereocenters. The first-order valence-electron chi connectivity index (χ1n) is 8.78. The number of nitro groups is 1. The molecule has 1 aliphatic rings. The largest absolute Gasteiger partial charge is 0.367 e. The van der Waals surface area contributed by atoms with E-state index in [1.165, 1.54) is 6.07 Å². The Labute approximate surface area is 155 Å². The first-order chi connectivity index (χ1) is 13.0. The molecule has 1 fully saturated rings. The molecule has 4 rings (SSSR count). The van der Waals surface area contributed by atoms with Gasteiger partial charge in [-0.25, -0.2) is 0 Å². The number of rotatable bonds is 3. The Morgan fingerprint density at radius 1 is 1.19 bits per heavy atom. The van der Waals surface area contributed by atoms with E-state index in [2.05, 4.69) is 4.98 Å². The van der Waals surface area contributed by atoms with Crippen LogP contribution >= 0.6 is 0 Å². The third-order valence-electron chi connectivity index (χ3n) is 4.78. The Kier molecular flexibility index (Phi) is 4.37. The number of amides is 1. The van der Waals surface area contributed by atoms with Gasteiger partial charge in [0.1, 0.15) is 17.3 Å².